The van der Waals surface area contributed by atoms with Crippen LogP contribution in [0.1, 0.15) is 54.4 Å². The fourth-order valence-electron chi connectivity index (χ4n) is 4.42. The number of anilines is 2. The summed E-state index contributed by atoms with van der Waals surface area (Å²) in [5, 5.41) is 3.27. The first-order valence-corrected chi connectivity index (χ1v) is 13.1. The molecular weight excluding hydrogens is 446 g/mol. The minimum absolute atomic E-state index is 0.226. The first-order valence-electron chi connectivity index (χ1n) is 11.3. The van der Waals surface area contributed by atoms with Gasteiger partial charge in [-0.3, -0.25) is 4.79 Å². The molecule has 0 atom stereocenters. The number of hydrogen-bond acceptors (Lipinski definition) is 4. The van der Waals surface area contributed by atoms with E-state index >= 15 is 0 Å². The number of aryl methyl sites for hydroxylation is 1. The van der Waals surface area contributed by atoms with Gasteiger partial charge in [0.25, 0.3) is 5.91 Å². The van der Waals surface area contributed by atoms with Crippen LogP contribution in [0.25, 0.3) is 0 Å². The Hall–Kier alpha value is -2.09. The van der Waals surface area contributed by atoms with Crippen LogP contribution in [-0.2, 0) is 10.0 Å². The van der Waals surface area contributed by atoms with E-state index in [0.29, 0.717) is 35.1 Å². The molecule has 172 valence electrons. The van der Waals surface area contributed by atoms with Gasteiger partial charge in [0.1, 0.15) is 4.90 Å². The maximum absolute atomic E-state index is 13.6. The molecule has 8 heteroatoms. The molecule has 0 unspecified atom stereocenters. The summed E-state index contributed by atoms with van der Waals surface area (Å²) in [7, 11) is -3.70. The first-order chi connectivity index (χ1) is 15.4. The van der Waals surface area contributed by atoms with Gasteiger partial charge in [-0.2, -0.15) is 4.31 Å². The molecule has 32 heavy (non-hydrogen) atoms. The van der Waals surface area contributed by atoms with E-state index in [2.05, 4.69) is 10.2 Å². The zero-order chi connectivity index (χ0) is 22.7. The van der Waals surface area contributed by atoms with Crippen LogP contribution in [0.5, 0.6) is 0 Å². The Morgan fingerprint density at radius 3 is 2.22 bits per heavy atom. The van der Waals surface area contributed by atoms with Crippen LogP contribution in [0.3, 0.4) is 0 Å². The molecule has 0 aliphatic carbocycles. The number of nitrogens with one attached hydrogen (secondary N) is 1. The quantitative estimate of drug-likeness (QED) is 0.655. The smallest absolute Gasteiger partial charge is 0.255 e. The molecule has 2 aromatic rings. The minimum atomic E-state index is -3.70. The Morgan fingerprint density at radius 1 is 0.906 bits per heavy atom. The third-order valence-electron chi connectivity index (χ3n) is 6.22. The molecule has 2 aliphatic heterocycles. The molecule has 2 heterocycles. The molecule has 0 bridgehead atoms. The second-order valence-corrected chi connectivity index (χ2v) is 10.9. The van der Waals surface area contributed by atoms with Crippen LogP contribution in [0.2, 0.25) is 5.02 Å². The molecule has 2 fully saturated rings. The zero-order valence-corrected chi connectivity index (χ0v) is 20.0. The maximum Gasteiger partial charge on any atom is 0.255 e. The normalized spacial score (nSPS) is 17.9. The van der Waals surface area contributed by atoms with Crippen molar-refractivity contribution in [3.8, 4) is 0 Å². The highest BCUT2D eigenvalue weighted by Crippen LogP contribution is 2.33. The number of nitrogens with zero attached hydrogens (tertiary/aromatic N) is 2. The van der Waals surface area contributed by atoms with Crippen LogP contribution in [0.4, 0.5) is 11.4 Å². The van der Waals surface area contributed by atoms with Crippen molar-refractivity contribution in [3.63, 3.8) is 0 Å². The zero-order valence-electron chi connectivity index (χ0n) is 18.4. The van der Waals surface area contributed by atoms with Crippen molar-refractivity contribution in [2.24, 2.45) is 0 Å². The number of piperidine rings is 2. The van der Waals surface area contributed by atoms with Crippen molar-refractivity contribution in [3.05, 3.63) is 52.5 Å². The molecule has 4 rings (SSSR count). The Bertz CT molecular complexity index is 1090. The van der Waals surface area contributed by atoms with Crippen LogP contribution in [-0.4, -0.2) is 44.8 Å². The van der Waals surface area contributed by atoms with Gasteiger partial charge in [-0.15, -0.1) is 0 Å². The number of halogens is 1. The summed E-state index contributed by atoms with van der Waals surface area (Å²) in [5.74, 6) is -0.379. The van der Waals surface area contributed by atoms with Gasteiger partial charge in [0.15, 0.2) is 0 Å². The van der Waals surface area contributed by atoms with Crippen LogP contribution in [0.15, 0.2) is 41.3 Å². The maximum atomic E-state index is 13.6. The molecule has 0 aromatic heterocycles. The van der Waals surface area contributed by atoms with Crippen molar-refractivity contribution < 1.29 is 13.2 Å². The summed E-state index contributed by atoms with van der Waals surface area (Å²) in [6.07, 6.45) is 6.01. The molecule has 2 saturated heterocycles. The summed E-state index contributed by atoms with van der Waals surface area (Å²) < 4.78 is 28.8. The van der Waals surface area contributed by atoms with Gasteiger partial charge in [-0.05, 0) is 74.9 Å². The highest BCUT2D eigenvalue weighted by molar-refractivity contribution is 7.89. The Kier molecular flexibility index (Phi) is 7.08. The van der Waals surface area contributed by atoms with Gasteiger partial charge in [0.2, 0.25) is 10.0 Å². The number of rotatable bonds is 5. The Morgan fingerprint density at radius 2 is 1.56 bits per heavy atom. The van der Waals surface area contributed by atoms with Gasteiger partial charge in [0.05, 0.1) is 16.4 Å². The van der Waals surface area contributed by atoms with Crippen LogP contribution in [0, 0.1) is 6.92 Å². The molecule has 2 aromatic carbocycles. The molecule has 0 saturated carbocycles. The molecular formula is C24H30ClN3O3S. The topological polar surface area (TPSA) is 69.7 Å². The lowest BCUT2D eigenvalue weighted by molar-refractivity contribution is 0.102. The predicted octanol–water partition coefficient (Wildman–Crippen LogP) is 5.07. The second-order valence-electron chi connectivity index (χ2n) is 8.63. The van der Waals surface area contributed by atoms with E-state index in [9.17, 15) is 13.2 Å². The number of sulfonamides is 1. The van der Waals surface area contributed by atoms with Gasteiger partial charge < -0.3 is 10.2 Å². The SMILES string of the molecule is Cc1ccc(NC(=O)c2ccc(N3CCCCC3)c(S(=O)(=O)N3CCCCC3)c2)c(Cl)c1. The van der Waals surface area contributed by atoms with E-state index in [1.807, 2.05) is 13.0 Å². The minimum Gasteiger partial charge on any atom is -0.370 e. The van der Waals surface area contributed by atoms with Gasteiger partial charge >= 0.3 is 0 Å². The summed E-state index contributed by atoms with van der Waals surface area (Å²) in [6, 6.07) is 10.4. The lowest BCUT2D eigenvalue weighted by atomic mass is 10.1. The van der Waals surface area contributed by atoms with E-state index < -0.39 is 10.0 Å². The third-order valence-corrected chi connectivity index (χ3v) is 8.46. The number of amides is 1. The largest absolute Gasteiger partial charge is 0.370 e. The van der Waals surface area contributed by atoms with Crippen LogP contribution < -0.4 is 10.2 Å². The molecule has 0 spiro atoms. The van der Waals surface area contributed by atoms with Gasteiger partial charge in [0, 0.05) is 31.7 Å². The summed E-state index contributed by atoms with van der Waals surface area (Å²) in [6.45, 7) is 4.63. The lowest BCUT2D eigenvalue weighted by Crippen LogP contribution is -2.37. The average molecular weight is 476 g/mol. The van der Waals surface area contributed by atoms with E-state index in [0.717, 1.165) is 57.2 Å². The van der Waals surface area contributed by atoms with Crippen molar-refractivity contribution in [1.82, 2.24) is 4.31 Å². The number of carbonyl (C=O) groups is 1. The Balaban J connectivity index is 1.70. The van der Waals surface area contributed by atoms with E-state index in [4.69, 9.17) is 11.6 Å². The number of hydrogen-bond donors (Lipinski definition) is 1. The average Bonchev–Trinajstić information content (AvgIpc) is 2.81. The lowest BCUT2D eigenvalue weighted by Gasteiger charge is -2.33. The third kappa shape index (κ3) is 4.95. The standard InChI is InChI=1S/C24H30ClN3O3S/c1-18-8-10-21(20(25)16-18)26-24(29)19-9-11-22(27-12-4-2-5-13-27)23(17-19)32(30,31)28-14-6-3-7-15-28/h8-11,16-17H,2-7,12-15H2,1H3,(H,26,29). The molecule has 0 radical (unpaired) electrons. The molecule has 2 aliphatic rings. The second kappa shape index (κ2) is 9.81. The van der Waals surface area contributed by atoms with Crippen molar-refractivity contribution in [2.45, 2.75) is 50.3 Å². The highest BCUT2D eigenvalue weighted by atomic mass is 35.5. The predicted molar refractivity (Wildman–Crippen MR) is 129 cm³/mol. The fourth-order valence-corrected chi connectivity index (χ4v) is 6.46. The van der Waals surface area contributed by atoms with Gasteiger partial charge in [-0.25, -0.2) is 8.42 Å². The van der Waals surface area contributed by atoms with Gasteiger partial charge in [-0.1, -0.05) is 24.1 Å². The summed E-state index contributed by atoms with van der Waals surface area (Å²) in [5.41, 5.74) is 2.50. The monoisotopic (exact) mass is 475 g/mol. The molecule has 6 nitrogen and oxygen atoms in total. The Labute approximate surface area is 195 Å². The summed E-state index contributed by atoms with van der Waals surface area (Å²) in [4.78, 5) is 15.4. The molecule has 1 amide bonds. The highest BCUT2D eigenvalue weighted by Gasteiger charge is 2.31. The van der Waals surface area contributed by atoms with E-state index in [-0.39, 0.29) is 10.8 Å². The van der Waals surface area contributed by atoms with Crippen molar-refractivity contribution >= 4 is 38.9 Å². The first kappa shape index (κ1) is 23.1. The van der Waals surface area contributed by atoms with Crippen LogP contribution >= 0.6 is 11.6 Å². The fraction of sp³-hybridized carbons (Fsp3) is 0.458. The van der Waals surface area contributed by atoms with E-state index in [1.54, 1.807) is 28.6 Å². The van der Waals surface area contributed by atoms with Crippen molar-refractivity contribution in [2.75, 3.05) is 36.4 Å². The number of benzene rings is 2. The summed E-state index contributed by atoms with van der Waals surface area (Å²) >= 11 is 6.27. The van der Waals surface area contributed by atoms with E-state index in [1.165, 1.54) is 6.07 Å². The van der Waals surface area contributed by atoms with Crippen molar-refractivity contribution in [1.29, 1.82) is 0 Å². The number of carbonyl (C=O) groups excluding carboxylic acids is 1. The molecule has 1 N–H and O–H groups in total.